The van der Waals surface area contributed by atoms with Crippen LogP contribution in [-0.4, -0.2) is 46.6 Å². The van der Waals surface area contributed by atoms with Crippen molar-refractivity contribution in [2.24, 2.45) is 5.73 Å². The van der Waals surface area contributed by atoms with E-state index in [1.165, 1.54) is 0 Å². The normalized spacial score (nSPS) is 17.5. The van der Waals surface area contributed by atoms with Crippen molar-refractivity contribution in [3.63, 3.8) is 0 Å². The highest BCUT2D eigenvalue weighted by Crippen LogP contribution is 2.22. The van der Waals surface area contributed by atoms with Crippen LogP contribution in [0.3, 0.4) is 0 Å². The van der Waals surface area contributed by atoms with Crippen LogP contribution < -0.4 is 10.6 Å². The third-order valence-corrected chi connectivity index (χ3v) is 3.78. The van der Waals surface area contributed by atoms with Crippen molar-refractivity contribution in [1.29, 1.82) is 0 Å². The van der Waals surface area contributed by atoms with Crippen molar-refractivity contribution in [2.45, 2.75) is 26.3 Å². The van der Waals surface area contributed by atoms with Crippen LogP contribution in [0.25, 0.3) is 0 Å². The van der Waals surface area contributed by atoms with Gasteiger partial charge in [0.15, 0.2) is 0 Å². The first kappa shape index (κ1) is 14.2. The highest BCUT2D eigenvalue weighted by Gasteiger charge is 2.26. The quantitative estimate of drug-likeness (QED) is 0.833. The maximum Gasteiger partial charge on any atom is 0.124 e. The van der Waals surface area contributed by atoms with Gasteiger partial charge in [-0.3, -0.25) is 9.88 Å². The van der Waals surface area contributed by atoms with Crippen LogP contribution >= 0.6 is 12.2 Å². The van der Waals surface area contributed by atoms with Crippen LogP contribution in [0, 0.1) is 0 Å². The van der Waals surface area contributed by atoms with Crippen molar-refractivity contribution in [1.82, 2.24) is 9.88 Å². The first-order valence-electron chi connectivity index (χ1n) is 6.64. The summed E-state index contributed by atoms with van der Waals surface area (Å²) in [7, 11) is 0. The summed E-state index contributed by atoms with van der Waals surface area (Å²) in [4.78, 5) is 9.49. The standard InChI is InChI=1S/C14H22N4S/c1-14(2,3)18-9-7-17(8-10-18)11-5-4-6-16-12(11)13(15)19/h4-6H,7-10H2,1-3H3,(H2,15,19). The molecule has 0 bridgehead atoms. The molecule has 1 aliphatic rings. The zero-order valence-corrected chi connectivity index (χ0v) is 12.7. The Kier molecular flexibility index (Phi) is 4.06. The van der Waals surface area contributed by atoms with Gasteiger partial charge in [0.25, 0.3) is 0 Å². The molecule has 0 saturated carbocycles. The van der Waals surface area contributed by atoms with E-state index in [9.17, 15) is 0 Å². The molecule has 1 aromatic rings. The monoisotopic (exact) mass is 278 g/mol. The largest absolute Gasteiger partial charge is 0.388 e. The van der Waals surface area contributed by atoms with Gasteiger partial charge in [0.05, 0.1) is 5.69 Å². The number of piperazine rings is 1. The molecule has 0 radical (unpaired) electrons. The van der Waals surface area contributed by atoms with Gasteiger partial charge in [0, 0.05) is 37.9 Å². The maximum absolute atomic E-state index is 5.75. The average molecular weight is 278 g/mol. The highest BCUT2D eigenvalue weighted by molar-refractivity contribution is 7.80. The van der Waals surface area contributed by atoms with Gasteiger partial charge in [-0.15, -0.1) is 0 Å². The fourth-order valence-corrected chi connectivity index (χ4v) is 2.62. The molecule has 1 fully saturated rings. The third kappa shape index (κ3) is 3.22. The molecule has 1 aliphatic heterocycles. The molecular weight excluding hydrogens is 256 g/mol. The number of hydrogen-bond acceptors (Lipinski definition) is 4. The summed E-state index contributed by atoms with van der Waals surface area (Å²) in [6.45, 7) is 10.8. The molecule has 4 nitrogen and oxygen atoms in total. The van der Waals surface area contributed by atoms with Gasteiger partial charge in [-0.25, -0.2) is 0 Å². The van der Waals surface area contributed by atoms with E-state index >= 15 is 0 Å². The molecule has 5 heteroatoms. The lowest BCUT2D eigenvalue weighted by atomic mass is 10.0. The minimum absolute atomic E-state index is 0.229. The number of nitrogens with zero attached hydrogens (tertiary/aromatic N) is 3. The van der Waals surface area contributed by atoms with E-state index in [1.807, 2.05) is 12.1 Å². The molecule has 0 unspecified atom stereocenters. The van der Waals surface area contributed by atoms with E-state index in [1.54, 1.807) is 6.20 Å². The molecule has 0 atom stereocenters. The lowest BCUT2D eigenvalue weighted by Crippen LogP contribution is -2.53. The summed E-state index contributed by atoms with van der Waals surface area (Å²) in [5.41, 5.74) is 7.78. The number of rotatable bonds is 2. The van der Waals surface area contributed by atoms with Gasteiger partial charge >= 0.3 is 0 Å². The molecule has 2 rings (SSSR count). The maximum atomic E-state index is 5.75. The number of nitrogens with two attached hydrogens (primary N) is 1. The van der Waals surface area contributed by atoms with Crippen molar-refractivity contribution in [2.75, 3.05) is 31.1 Å². The fraction of sp³-hybridized carbons (Fsp3) is 0.571. The highest BCUT2D eigenvalue weighted by atomic mass is 32.1. The topological polar surface area (TPSA) is 45.4 Å². The lowest BCUT2D eigenvalue weighted by Gasteiger charge is -2.43. The molecule has 0 amide bonds. The Morgan fingerprint density at radius 2 is 1.89 bits per heavy atom. The van der Waals surface area contributed by atoms with E-state index in [-0.39, 0.29) is 5.54 Å². The molecule has 0 aliphatic carbocycles. The summed E-state index contributed by atoms with van der Waals surface area (Å²) in [5, 5.41) is 0. The smallest absolute Gasteiger partial charge is 0.124 e. The van der Waals surface area contributed by atoms with Gasteiger partial charge in [-0.1, -0.05) is 12.2 Å². The number of aromatic nitrogens is 1. The number of hydrogen-bond donors (Lipinski definition) is 1. The zero-order valence-electron chi connectivity index (χ0n) is 11.9. The minimum Gasteiger partial charge on any atom is -0.388 e. The Balaban J connectivity index is 2.12. The van der Waals surface area contributed by atoms with Gasteiger partial charge < -0.3 is 10.6 Å². The van der Waals surface area contributed by atoms with Crippen molar-refractivity contribution in [3.05, 3.63) is 24.0 Å². The molecule has 0 spiro atoms. The van der Waals surface area contributed by atoms with Crippen LogP contribution in [0.2, 0.25) is 0 Å². The predicted molar refractivity (Wildman–Crippen MR) is 83.7 cm³/mol. The molecule has 19 heavy (non-hydrogen) atoms. The third-order valence-electron chi connectivity index (χ3n) is 3.59. The SMILES string of the molecule is CC(C)(C)N1CCN(c2cccnc2C(N)=S)CC1. The van der Waals surface area contributed by atoms with E-state index in [0.717, 1.165) is 37.6 Å². The summed E-state index contributed by atoms with van der Waals surface area (Å²) in [6, 6.07) is 3.99. The first-order valence-corrected chi connectivity index (χ1v) is 7.05. The van der Waals surface area contributed by atoms with Crippen LogP contribution in [0.5, 0.6) is 0 Å². The minimum atomic E-state index is 0.229. The number of thiocarbonyl (C=S) groups is 1. The predicted octanol–water partition coefficient (Wildman–Crippen LogP) is 1.64. The van der Waals surface area contributed by atoms with Crippen LogP contribution in [0.15, 0.2) is 18.3 Å². The molecule has 2 heterocycles. The summed E-state index contributed by atoms with van der Waals surface area (Å²) < 4.78 is 0. The van der Waals surface area contributed by atoms with E-state index in [0.29, 0.717) is 4.99 Å². The van der Waals surface area contributed by atoms with Gasteiger partial charge in [0.2, 0.25) is 0 Å². The van der Waals surface area contributed by atoms with Gasteiger partial charge in [-0.05, 0) is 32.9 Å². The van der Waals surface area contributed by atoms with Crippen molar-refractivity contribution >= 4 is 22.9 Å². The Labute approximate surface area is 120 Å². The summed E-state index contributed by atoms with van der Waals surface area (Å²) in [6.07, 6.45) is 1.74. The molecule has 1 saturated heterocycles. The van der Waals surface area contributed by atoms with E-state index < -0.39 is 0 Å². The van der Waals surface area contributed by atoms with Crippen LogP contribution in [-0.2, 0) is 0 Å². The second kappa shape index (κ2) is 5.43. The van der Waals surface area contributed by atoms with Crippen molar-refractivity contribution in [3.8, 4) is 0 Å². The Morgan fingerprint density at radius 3 is 2.42 bits per heavy atom. The molecule has 104 valence electrons. The fourth-order valence-electron chi connectivity index (χ4n) is 2.46. The average Bonchev–Trinajstić information content (AvgIpc) is 2.38. The molecule has 1 aromatic heterocycles. The van der Waals surface area contributed by atoms with E-state index in [4.69, 9.17) is 18.0 Å². The molecular formula is C14H22N4S. The van der Waals surface area contributed by atoms with Crippen LogP contribution in [0.1, 0.15) is 26.5 Å². The molecule has 2 N–H and O–H groups in total. The first-order chi connectivity index (χ1) is 8.89. The van der Waals surface area contributed by atoms with Gasteiger partial charge in [0.1, 0.15) is 10.7 Å². The lowest BCUT2D eigenvalue weighted by molar-refractivity contribution is 0.128. The van der Waals surface area contributed by atoms with Gasteiger partial charge in [-0.2, -0.15) is 0 Å². The Morgan fingerprint density at radius 1 is 1.26 bits per heavy atom. The molecule has 0 aromatic carbocycles. The number of anilines is 1. The van der Waals surface area contributed by atoms with Crippen LogP contribution in [0.4, 0.5) is 5.69 Å². The van der Waals surface area contributed by atoms with E-state index in [2.05, 4.69) is 35.6 Å². The summed E-state index contributed by atoms with van der Waals surface area (Å²) in [5.74, 6) is 0. The van der Waals surface area contributed by atoms with Crippen molar-refractivity contribution < 1.29 is 0 Å². The zero-order chi connectivity index (χ0) is 14.0. The Bertz CT molecular complexity index is 459. The second-order valence-corrected chi connectivity index (χ2v) is 6.32. The Hall–Kier alpha value is -1.20. The second-order valence-electron chi connectivity index (χ2n) is 5.88. The number of pyridine rings is 1. The summed E-state index contributed by atoms with van der Waals surface area (Å²) >= 11 is 5.08.